The van der Waals surface area contributed by atoms with Gasteiger partial charge in [-0.2, -0.15) is 0 Å². The van der Waals surface area contributed by atoms with E-state index in [0.717, 1.165) is 30.2 Å². The van der Waals surface area contributed by atoms with Gasteiger partial charge >= 0.3 is 0 Å². The highest BCUT2D eigenvalue weighted by atomic mass is 35.5. The zero-order valence-corrected chi connectivity index (χ0v) is 11.7. The van der Waals surface area contributed by atoms with Gasteiger partial charge in [0.15, 0.2) is 0 Å². The Morgan fingerprint density at radius 1 is 1.16 bits per heavy atom. The topological polar surface area (TPSA) is 40.6 Å². The molecule has 0 aromatic heterocycles. The van der Waals surface area contributed by atoms with Crippen molar-refractivity contribution >= 4 is 23.3 Å². The van der Waals surface area contributed by atoms with Crippen molar-refractivity contribution in [1.29, 1.82) is 0 Å². The molecule has 0 radical (unpaired) electrons. The maximum absolute atomic E-state index is 11.6. The van der Waals surface area contributed by atoms with Gasteiger partial charge in [0.1, 0.15) is 0 Å². The fourth-order valence-corrected chi connectivity index (χ4v) is 2.39. The summed E-state index contributed by atoms with van der Waals surface area (Å²) in [6.07, 6.45) is 0. The Balaban J connectivity index is 1.89. The number of carbonyl (C=O) groups is 2. The molecule has 1 fully saturated rings. The van der Waals surface area contributed by atoms with Gasteiger partial charge in [0, 0.05) is 44.7 Å². The molecule has 1 aromatic carbocycles. The van der Waals surface area contributed by atoms with Gasteiger partial charge < -0.3 is 4.90 Å². The van der Waals surface area contributed by atoms with Crippen LogP contribution in [-0.4, -0.2) is 47.7 Å². The Morgan fingerprint density at radius 3 is 2.37 bits per heavy atom. The number of carbonyl (C=O) groups excluding carboxylic acids is 2. The second-order valence-corrected chi connectivity index (χ2v) is 5.12. The zero-order valence-electron chi connectivity index (χ0n) is 10.9. The van der Waals surface area contributed by atoms with Gasteiger partial charge in [0.2, 0.25) is 5.78 Å². The monoisotopic (exact) mass is 280 g/mol. The molecule has 1 aliphatic rings. The molecule has 0 spiro atoms. The molecular weight excluding hydrogens is 264 g/mol. The number of ketones is 1. The molecule has 1 aromatic rings. The molecule has 0 N–H and O–H groups in total. The number of benzene rings is 1. The van der Waals surface area contributed by atoms with Crippen LogP contribution in [0, 0.1) is 0 Å². The van der Waals surface area contributed by atoms with Gasteiger partial charge in [-0.25, -0.2) is 0 Å². The summed E-state index contributed by atoms with van der Waals surface area (Å²) in [4.78, 5) is 26.4. The molecule has 2 rings (SSSR count). The average Bonchev–Trinajstić information content (AvgIpc) is 2.41. The number of piperazine rings is 1. The van der Waals surface area contributed by atoms with Crippen LogP contribution in [0.3, 0.4) is 0 Å². The Morgan fingerprint density at radius 2 is 1.79 bits per heavy atom. The lowest BCUT2D eigenvalue weighted by molar-refractivity contribution is -0.144. The van der Waals surface area contributed by atoms with E-state index >= 15 is 0 Å². The molecule has 0 atom stereocenters. The molecule has 102 valence electrons. The van der Waals surface area contributed by atoms with E-state index in [0.29, 0.717) is 13.1 Å². The molecule has 1 aliphatic heterocycles. The summed E-state index contributed by atoms with van der Waals surface area (Å²) in [7, 11) is 0. The number of halogens is 1. The molecule has 1 saturated heterocycles. The van der Waals surface area contributed by atoms with Crippen molar-refractivity contribution in [3.8, 4) is 0 Å². The van der Waals surface area contributed by atoms with Crippen LogP contribution in [0.5, 0.6) is 0 Å². The van der Waals surface area contributed by atoms with E-state index in [-0.39, 0.29) is 11.7 Å². The molecule has 19 heavy (non-hydrogen) atoms. The number of hydrogen-bond acceptors (Lipinski definition) is 3. The number of amides is 1. The molecule has 0 saturated carbocycles. The molecule has 0 aliphatic carbocycles. The maximum Gasteiger partial charge on any atom is 0.289 e. The van der Waals surface area contributed by atoms with Crippen LogP contribution in [0.1, 0.15) is 12.5 Å². The second kappa shape index (κ2) is 6.17. The summed E-state index contributed by atoms with van der Waals surface area (Å²) < 4.78 is 0. The van der Waals surface area contributed by atoms with Crippen LogP contribution in [-0.2, 0) is 16.1 Å². The van der Waals surface area contributed by atoms with E-state index in [1.165, 1.54) is 6.92 Å². The van der Waals surface area contributed by atoms with Crippen LogP contribution in [0.25, 0.3) is 0 Å². The van der Waals surface area contributed by atoms with Gasteiger partial charge in [0.05, 0.1) is 0 Å². The first kappa shape index (κ1) is 14.0. The highest BCUT2D eigenvalue weighted by molar-refractivity contribution is 6.35. The van der Waals surface area contributed by atoms with Crippen molar-refractivity contribution in [2.24, 2.45) is 0 Å². The van der Waals surface area contributed by atoms with Gasteiger partial charge in [-0.3, -0.25) is 14.5 Å². The molecule has 5 heteroatoms. The highest BCUT2D eigenvalue weighted by Gasteiger charge is 2.23. The van der Waals surface area contributed by atoms with E-state index in [1.54, 1.807) is 4.90 Å². The lowest BCUT2D eigenvalue weighted by Gasteiger charge is -2.34. The minimum Gasteiger partial charge on any atom is -0.334 e. The largest absolute Gasteiger partial charge is 0.334 e. The minimum atomic E-state index is -0.389. The Hall–Kier alpha value is -1.39. The van der Waals surface area contributed by atoms with Gasteiger partial charge in [0.25, 0.3) is 5.91 Å². The van der Waals surface area contributed by atoms with Gasteiger partial charge in [-0.15, -0.1) is 0 Å². The van der Waals surface area contributed by atoms with E-state index < -0.39 is 0 Å². The predicted octanol–water partition coefficient (Wildman–Crippen LogP) is 1.57. The zero-order chi connectivity index (χ0) is 13.8. The van der Waals surface area contributed by atoms with Crippen molar-refractivity contribution < 1.29 is 9.59 Å². The van der Waals surface area contributed by atoms with Crippen molar-refractivity contribution in [2.75, 3.05) is 26.2 Å². The van der Waals surface area contributed by atoms with Crippen molar-refractivity contribution in [3.05, 3.63) is 34.9 Å². The third-order valence-electron chi connectivity index (χ3n) is 3.31. The standard InChI is InChI=1S/C14H17ClN2O2/c1-11(18)14(19)17-8-6-16(7-9-17)10-12-4-2-3-5-13(12)15/h2-5H,6-10H2,1H3. The molecule has 1 amide bonds. The third-order valence-corrected chi connectivity index (χ3v) is 3.68. The minimum absolute atomic E-state index is 0.377. The van der Waals surface area contributed by atoms with Crippen molar-refractivity contribution in [3.63, 3.8) is 0 Å². The van der Waals surface area contributed by atoms with E-state index in [2.05, 4.69) is 4.90 Å². The second-order valence-electron chi connectivity index (χ2n) is 4.72. The number of rotatable bonds is 3. The summed E-state index contributed by atoms with van der Waals surface area (Å²) in [5.74, 6) is -0.767. The van der Waals surface area contributed by atoms with Crippen LogP contribution in [0.2, 0.25) is 5.02 Å². The van der Waals surface area contributed by atoms with Gasteiger partial charge in [-0.1, -0.05) is 29.8 Å². The van der Waals surface area contributed by atoms with Crippen molar-refractivity contribution in [1.82, 2.24) is 9.80 Å². The predicted molar refractivity (Wildman–Crippen MR) is 74.0 cm³/mol. The fourth-order valence-electron chi connectivity index (χ4n) is 2.20. The first-order valence-corrected chi connectivity index (χ1v) is 6.71. The Labute approximate surface area is 117 Å². The summed E-state index contributed by atoms with van der Waals surface area (Å²) in [5, 5.41) is 0.768. The summed E-state index contributed by atoms with van der Waals surface area (Å²) in [5.41, 5.74) is 1.09. The van der Waals surface area contributed by atoms with Crippen LogP contribution >= 0.6 is 11.6 Å². The first-order valence-electron chi connectivity index (χ1n) is 6.33. The van der Waals surface area contributed by atoms with E-state index in [9.17, 15) is 9.59 Å². The summed E-state index contributed by atoms with van der Waals surface area (Å²) >= 11 is 6.13. The molecule has 0 unspecified atom stereocenters. The smallest absolute Gasteiger partial charge is 0.289 e. The normalized spacial score (nSPS) is 16.4. The fraction of sp³-hybridized carbons (Fsp3) is 0.429. The molecule has 0 bridgehead atoms. The molecule has 4 nitrogen and oxygen atoms in total. The lowest BCUT2D eigenvalue weighted by atomic mass is 10.2. The van der Waals surface area contributed by atoms with Crippen LogP contribution < -0.4 is 0 Å². The molecular formula is C14H17ClN2O2. The lowest BCUT2D eigenvalue weighted by Crippen LogP contribution is -2.49. The summed E-state index contributed by atoms with van der Waals surface area (Å²) in [6.45, 7) is 4.83. The SMILES string of the molecule is CC(=O)C(=O)N1CCN(Cc2ccccc2Cl)CC1. The number of Topliss-reactive ketones (excluding diaryl/α,β-unsaturated/α-hetero) is 1. The first-order chi connectivity index (χ1) is 9.08. The Kier molecular flexibility index (Phi) is 4.56. The van der Waals surface area contributed by atoms with Crippen molar-refractivity contribution in [2.45, 2.75) is 13.5 Å². The van der Waals surface area contributed by atoms with Crippen LogP contribution in [0.4, 0.5) is 0 Å². The highest BCUT2D eigenvalue weighted by Crippen LogP contribution is 2.17. The van der Waals surface area contributed by atoms with E-state index in [4.69, 9.17) is 11.6 Å². The quantitative estimate of drug-likeness (QED) is 0.789. The van der Waals surface area contributed by atoms with E-state index in [1.807, 2.05) is 24.3 Å². The third kappa shape index (κ3) is 3.55. The van der Waals surface area contributed by atoms with Crippen LogP contribution in [0.15, 0.2) is 24.3 Å². The summed E-state index contributed by atoms with van der Waals surface area (Å²) in [6, 6.07) is 7.77. The maximum atomic E-state index is 11.6. The van der Waals surface area contributed by atoms with Gasteiger partial charge in [-0.05, 0) is 11.6 Å². The number of nitrogens with zero attached hydrogens (tertiary/aromatic N) is 2. The Bertz CT molecular complexity index is 482. The average molecular weight is 281 g/mol. The number of hydrogen-bond donors (Lipinski definition) is 0. The molecule has 1 heterocycles.